The number of fused-ring (bicyclic) bond motifs is 1. The standard InChI is InChI=1S/C19H20F3N7O.ClH/c1-27-8-16(24-10-27)19-17-9-28(2-3-29(17)26-25-19)18(30)6-12(23)4-11-5-14(21)15(22)7-13(11)20;/h5,7-8,10,12H,2-4,6,9,23H2,1H3;1H/t12-;/m1./s1. The molecule has 1 atom stereocenters. The van der Waals surface area contributed by atoms with Gasteiger partial charge in [-0.2, -0.15) is 0 Å². The highest BCUT2D eigenvalue weighted by molar-refractivity contribution is 5.85. The van der Waals surface area contributed by atoms with Crippen molar-refractivity contribution in [3.8, 4) is 11.4 Å². The minimum Gasteiger partial charge on any atom is -0.340 e. The molecule has 0 saturated carbocycles. The zero-order chi connectivity index (χ0) is 21.4. The molecule has 1 aromatic carbocycles. The van der Waals surface area contributed by atoms with Crippen molar-refractivity contribution in [2.75, 3.05) is 6.54 Å². The van der Waals surface area contributed by atoms with Gasteiger partial charge in [-0.15, -0.1) is 17.5 Å². The average molecular weight is 456 g/mol. The highest BCUT2D eigenvalue weighted by Gasteiger charge is 2.27. The molecule has 3 heterocycles. The van der Waals surface area contributed by atoms with Crippen molar-refractivity contribution in [3.05, 3.63) is 53.4 Å². The quantitative estimate of drug-likeness (QED) is 0.592. The van der Waals surface area contributed by atoms with E-state index < -0.39 is 23.5 Å². The fourth-order valence-electron chi connectivity index (χ4n) is 3.52. The van der Waals surface area contributed by atoms with Gasteiger partial charge in [0.25, 0.3) is 0 Å². The molecule has 3 aromatic rings. The van der Waals surface area contributed by atoms with Crippen LogP contribution >= 0.6 is 12.4 Å². The number of rotatable bonds is 5. The van der Waals surface area contributed by atoms with E-state index in [9.17, 15) is 18.0 Å². The zero-order valence-corrected chi connectivity index (χ0v) is 17.4. The summed E-state index contributed by atoms with van der Waals surface area (Å²) in [5.74, 6) is -3.51. The average Bonchev–Trinajstić information content (AvgIpc) is 3.31. The Kier molecular flexibility index (Phi) is 6.65. The maximum absolute atomic E-state index is 13.8. The first-order chi connectivity index (χ1) is 14.3. The SMILES string of the molecule is Cl.Cn1cnc(-c2nnn3c2CN(C(=O)C[C@H](N)Cc2cc(F)c(F)cc2F)CC3)c1. The lowest BCUT2D eigenvalue weighted by molar-refractivity contribution is -0.133. The molecule has 12 heteroatoms. The van der Waals surface area contributed by atoms with E-state index in [1.54, 1.807) is 20.5 Å². The van der Waals surface area contributed by atoms with E-state index in [0.29, 0.717) is 37.1 Å². The van der Waals surface area contributed by atoms with E-state index in [0.717, 1.165) is 11.8 Å². The van der Waals surface area contributed by atoms with E-state index in [4.69, 9.17) is 5.73 Å². The van der Waals surface area contributed by atoms with Crippen molar-refractivity contribution in [1.82, 2.24) is 29.4 Å². The van der Waals surface area contributed by atoms with Crippen LogP contribution in [0.4, 0.5) is 13.2 Å². The van der Waals surface area contributed by atoms with E-state index >= 15 is 0 Å². The predicted octanol–water partition coefficient (Wildman–Crippen LogP) is 1.82. The van der Waals surface area contributed by atoms with Gasteiger partial charge >= 0.3 is 0 Å². The van der Waals surface area contributed by atoms with Gasteiger partial charge in [0.05, 0.1) is 25.1 Å². The number of hydrogen-bond acceptors (Lipinski definition) is 5. The fourth-order valence-corrected chi connectivity index (χ4v) is 3.52. The molecule has 0 spiro atoms. The number of carbonyl (C=O) groups is 1. The monoisotopic (exact) mass is 455 g/mol. The lowest BCUT2D eigenvalue weighted by atomic mass is 10.0. The van der Waals surface area contributed by atoms with E-state index in [-0.39, 0.29) is 36.7 Å². The Morgan fingerprint density at radius 3 is 2.65 bits per heavy atom. The Labute approximate surface area is 182 Å². The molecule has 0 fully saturated rings. The van der Waals surface area contributed by atoms with Gasteiger partial charge in [-0.25, -0.2) is 22.8 Å². The molecule has 1 amide bonds. The van der Waals surface area contributed by atoms with Crippen LogP contribution in [0, 0.1) is 17.5 Å². The van der Waals surface area contributed by atoms with Crippen LogP contribution in [-0.4, -0.2) is 47.9 Å². The van der Waals surface area contributed by atoms with Crippen LogP contribution in [0.1, 0.15) is 17.7 Å². The summed E-state index contributed by atoms with van der Waals surface area (Å²) in [4.78, 5) is 18.7. The Balaban J connectivity index is 0.00000272. The van der Waals surface area contributed by atoms with Crippen LogP contribution in [-0.2, 0) is 31.4 Å². The van der Waals surface area contributed by atoms with Crippen LogP contribution in [0.2, 0.25) is 0 Å². The lowest BCUT2D eigenvalue weighted by Crippen LogP contribution is -2.41. The number of nitrogens with zero attached hydrogens (tertiary/aromatic N) is 6. The van der Waals surface area contributed by atoms with Gasteiger partial charge < -0.3 is 15.2 Å². The molecule has 0 aliphatic carbocycles. The van der Waals surface area contributed by atoms with Crippen LogP contribution in [0.15, 0.2) is 24.7 Å². The van der Waals surface area contributed by atoms with Crippen molar-refractivity contribution < 1.29 is 18.0 Å². The number of hydrogen-bond donors (Lipinski definition) is 1. The normalized spacial score (nSPS) is 14.2. The largest absolute Gasteiger partial charge is 0.340 e. The third-order valence-electron chi connectivity index (χ3n) is 5.07. The summed E-state index contributed by atoms with van der Waals surface area (Å²) in [5, 5.41) is 8.31. The number of halogens is 4. The van der Waals surface area contributed by atoms with Gasteiger partial charge in [-0.3, -0.25) is 4.79 Å². The number of carbonyl (C=O) groups excluding carboxylic acids is 1. The molecule has 166 valence electrons. The zero-order valence-electron chi connectivity index (χ0n) is 16.6. The topological polar surface area (TPSA) is 94.9 Å². The van der Waals surface area contributed by atoms with Gasteiger partial charge in [-0.1, -0.05) is 5.21 Å². The highest BCUT2D eigenvalue weighted by Crippen LogP contribution is 2.24. The molecule has 1 aliphatic heterocycles. The number of aryl methyl sites for hydroxylation is 1. The summed E-state index contributed by atoms with van der Waals surface area (Å²) >= 11 is 0. The Hall–Kier alpha value is -2.92. The second-order valence-electron chi connectivity index (χ2n) is 7.37. The molecule has 2 aromatic heterocycles. The van der Waals surface area contributed by atoms with E-state index in [1.165, 1.54) is 0 Å². The van der Waals surface area contributed by atoms with Crippen molar-refractivity contribution in [2.24, 2.45) is 12.8 Å². The third kappa shape index (κ3) is 4.72. The number of imidazole rings is 1. The molecular formula is C19H21ClF3N7O. The molecule has 0 bridgehead atoms. The van der Waals surface area contributed by atoms with E-state index in [2.05, 4.69) is 15.3 Å². The molecule has 8 nitrogen and oxygen atoms in total. The number of amides is 1. The highest BCUT2D eigenvalue weighted by atomic mass is 35.5. The lowest BCUT2D eigenvalue weighted by Gasteiger charge is -2.28. The number of nitrogens with two attached hydrogens (primary N) is 1. The van der Waals surface area contributed by atoms with Crippen LogP contribution in [0.25, 0.3) is 11.4 Å². The smallest absolute Gasteiger partial charge is 0.224 e. The summed E-state index contributed by atoms with van der Waals surface area (Å²) in [7, 11) is 1.85. The number of aromatic nitrogens is 5. The summed E-state index contributed by atoms with van der Waals surface area (Å²) < 4.78 is 43.8. The first-order valence-corrected chi connectivity index (χ1v) is 9.39. The van der Waals surface area contributed by atoms with Crippen molar-refractivity contribution >= 4 is 18.3 Å². The van der Waals surface area contributed by atoms with Gasteiger partial charge in [0.15, 0.2) is 11.6 Å². The van der Waals surface area contributed by atoms with Crippen molar-refractivity contribution in [1.29, 1.82) is 0 Å². The molecule has 31 heavy (non-hydrogen) atoms. The first kappa shape index (κ1) is 22.8. The fraction of sp³-hybridized carbons (Fsp3) is 0.368. The molecule has 0 radical (unpaired) electrons. The van der Waals surface area contributed by atoms with Gasteiger partial charge in [-0.05, 0) is 18.1 Å². The Morgan fingerprint density at radius 1 is 1.19 bits per heavy atom. The predicted molar refractivity (Wildman–Crippen MR) is 108 cm³/mol. The molecule has 4 rings (SSSR count). The minimum absolute atomic E-state index is 0. The van der Waals surface area contributed by atoms with Crippen LogP contribution in [0.3, 0.4) is 0 Å². The van der Waals surface area contributed by atoms with E-state index in [1.807, 2.05) is 13.2 Å². The van der Waals surface area contributed by atoms with Crippen LogP contribution in [0.5, 0.6) is 0 Å². The summed E-state index contributed by atoms with van der Waals surface area (Å²) in [6, 6.07) is 0.522. The maximum atomic E-state index is 13.8. The Bertz CT molecular complexity index is 1100. The van der Waals surface area contributed by atoms with Gasteiger partial charge in [0.1, 0.15) is 17.2 Å². The van der Waals surface area contributed by atoms with Gasteiger partial charge in [0, 0.05) is 38.3 Å². The van der Waals surface area contributed by atoms with Crippen molar-refractivity contribution in [2.45, 2.75) is 32.0 Å². The maximum Gasteiger partial charge on any atom is 0.224 e. The molecular weight excluding hydrogens is 435 g/mol. The summed E-state index contributed by atoms with van der Waals surface area (Å²) in [6.45, 7) is 1.21. The minimum atomic E-state index is -1.26. The summed E-state index contributed by atoms with van der Waals surface area (Å²) in [6.07, 6.45) is 3.33. The van der Waals surface area contributed by atoms with Gasteiger partial charge in [0.2, 0.25) is 5.91 Å². The van der Waals surface area contributed by atoms with Crippen molar-refractivity contribution in [3.63, 3.8) is 0 Å². The third-order valence-corrected chi connectivity index (χ3v) is 5.07. The summed E-state index contributed by atoms with van der Waals surface area (Å²) in [5.41, 5.74) is 7.98. The molecule has 0 unspecified atom stereocenters. The molecule has 2 N–H and O–H groups in total. The first-order valence-electron chi connectivity index (χ1n) is 9.39. The second-order valence-corrected chi connectivity index (χ2v) is 7.37. The number of benzene rings is 1. The Morgan fingerprint density at radius 2 is 1.94 bits per heavy atom. The molecule has 1 aliphatic rings. The molecule has 0 saturated heterocycles. The second kappa shape index (κ2) is 9.06. The van der Waals surface area contributed by atoms with Crippen LogP contribution < -0.4 is 5.73 Å².